The van der Waals surface area contributed by atoms with E-state index in [1.165, 1.54) is 4.90 Å². The molecule has 1 N–H and O–H groups in total. The molecule has 1 aromatic carbocycles. The van der Waals surface area contributed by atoms with Crippen LogP contribution in [0.3, 0.4) is 0 Å². The van der Waals surface area contributed by atoms with Gasteiger partial charge in [-0.1, -0.05) is 12.1 Å². The maximum Gasteiger partial charge on any atom is 0.303 e. The monoisotopic (exact) mass is 277 g/mol. The summed E-state index contributed by atoms with van der Waals surface area (Å²) in [4.78, 5) is 16.2. The highest BCUT2D eigenvalue weighted by Crippen LogP contribution is 2.27. The highest BCUT2D eigenvalue weighted by atomic mass is 32.2. The van der Waals surface area contributed by atoms with Gasteiger partial charge in [-0.25, -0.2) is 4.98 Å². The summed E-state index contributed by atoms with van der Waals surface area (Å²) in [6.45, 7) is 1.77. The molecule has 0 saturated carbocycles. The molecular weight excluding hydrogens is 262 g/mol. The van der Waals surface area contributed by atoms with Crippen molar-refractivity contribution in [1.29, 1.82) is 0 Å². The molecule has 0 spiro atoms. The fourth-order valence-electron chi connectivity index (χ4n) is 1.83. The fourth-order valence-corrected chi connectivity index (χ4v) is 2.24. The van der Waals surface area contributed by atoms with E-state index in [9.17, 15) is 4.79 Å². The third-order valence-corrected chi connectivity index (χ3v) is 3.48. The molecule has 1 heterocycles. The number of carbonyl (C=O) groups is 1. The van der Waals surface area contributed by atoms with Gasteiger partial charge in [-0.3, -0.25) is 4.79 Å². The number of carboxylic acid groups (broad SMARTS) is 1. The van der Waals surface area contributed by atoms with E-state index in [0.29, 0.717) is 18.1 Å². The minimum absolute atomic E-state index is 0.0462. The largest absolute Gasteiger partial charge is 0.481 e. The Morgan fingerprint density at radius 1 is 1.37 bits per heavy atom. The summed E-state index contributed by atoms with van der Waals surface area (Å²) >= 11 is 1.67. The van der Waals surface area contributed by atoms with Gasteiger partial charge < -0.3 is 9.52 Å². The number of aryl methyl sites for hydroxylation is 2. The molecule has 0 unspecified atom stereocenters. The van der Waals surface area contributed by atoms with Gasteiger partial charge in [0.05, 0.1) is 6.42 Å². The van der Waals surface area contributed by atoms with Crippen LogP contribution in [-0.2, 0) is 11.2 Å². The van der Waals surface area contributed by atoms with E-state index in [-0.39, 0.29) is 6.42 Å². The van der Waals surface area contributed by atoms with Crippen LogP contribution in [0.4, 0.5) is 0 Å². The van der Waals surface area contributed by atoms with Crippen molar-refractivity contribution in [2.24, 2.45) is 0 Å². The molecule has 0 aliphatic heterocycles. The lowest BCUT2D eigenvalue weighted by atomic mass is 10.1. The van der Waals surface area contributed by atoms with E-state index in [2.05, 4.69) is 4.98 Å². The van der Waals surface area contributed by atoms with Gasteiger partial charge in [0.25, 0.3) is 0 Å². The number of aromatic nitrogens is 1. The first-order valence-electron chi connectivity index (χ1n) is 5.92. The van der Waals surface area contributed by atoms with Crippen molar-refractivity contribution >= 4 is 17.7 Å². The molecule has 0 radical (unpaired) electrons. The SMILES string of the molecule is CSc1ccc(-c2nc(C)oc2CCC(=O)O)cc1. The van der Waals surface area contributed by atoms with Crippen molar-refractivity contribution in [2.45, 2.75) is 24.7 Å². The van der Waals surface area contributed by atoms with E-state index in [0.717, 1.165) is 11.3 Å². The van der Waals surface area contributed by atoms with Gasteiger partial charge in [0, 0.05) is 23.8 Å². The zero-order valence-electron chi connectivity index (χ0n) is 10.8. The second-order valence-corrected chi connectivity index (χ2v) is 5.01. The van der Waals surface area contributed by atoms with Crippen LogP contribution < -0.4 is 0 Å². The molecule has 2 aromatic rings. The van der Waals surface area contributed by atoms with Crippen LogP contribution in [0.1, 0.15) is 18.1 Å². The predicted molar refractivity (Wildman–Crippen MR) is 74.4 cm³/mol. The third kappa shape index (κ3) is 3.38. The van der Waals surface area contributed by atoms with Crippen molar-refractivity contribution in [2.75, 3.05) is 6.26 Å². The Labute approximate surface area is 115 Å². The minimum atomic E-state index is -0.835. The second kappa shape index (κ2) is 5.93. The van der Waals surface area contributed by atoms with E-state index in [1.54, 1.807) is 18.7 Å². The Hall–Kier alpha value is -1.75. The van der Waals surface area contributed by atoms with Crippen LogP contribution in [0.15, 0.2) is 33.6 Å². The quantitative estimate of drug-likeness (QED) is 0.849. The molecule has 2 rings (SSSR count). The van der Waals surface area contributed by atoms with Gasteiger partial charge >= 0.3 is 5.97 Å². The topological polar surface area (TPSA) is 63.3 Å². The smallest absolute Gasteiger partial charge is 0.303 e. The second-order valence-electron chi connectivity index (χ2n) is 4.13. The summed E-state index contributed by atoms with van der Waals surface area (Å²) in [6, 6.07) is 8.00. The first kappa shape index (κ1) is 13.7. The van der Waals surface area contributed by atoms with Crippen molar-refractivity contribution < 1.29 is 14.3 Å². The van der Waals surface area contributed by atoms with Crippen LogP contribution in [-0.4, -0.2) is 22.3 Å². The minimum Gasteiger partial charge on any atom is -0.481 e. The van der Waals surface area contributed by atoms with E-state index in [4.69, 9.17) is 9.52 Å². The number of hydrogen-bond acceptors (Lipinski definition) is 4. The normalized spacial score (nSPS) is 10.6. The number of aliphatic carboxylic acids is 1. The maximum absolute atomic E-state index is 10.6. The lowest BCUT2D eigenvalue weighted by Gasteiger charge is -2.01. The third-order valence-electron chi connectivity index (χ3n) is 2.73. The molecule has 1 aromatic heterocycles. The summed E-state index contributed by atoms with van der Waals surface area (Å²) in [6.07, 6.45) is 2.42. The fraction of sp³-hybridized carbons (Fsp3) is 0.286. The van der Waals surface area contributed by atoms with Crippen LogP contribution in [0.25, 0.3) is 11.3 Å². The zero-order valence-corrected chi connectivity index (χ0v) is 11.7. The molecule has 4 nitrogen and oxygen atoms in total. The summed E-state index contributed by atoms with van der Waals surface area (Å²) < 4.78 is 5.50. The van der Waals surface area contributed by atoms with Gasteiger partial charge in [0.15, 0.2) is 5.89 Å². The molecule has 5 heteroatoms. The van der Waals surface area contributed by atoms with Crippen molar-refractivity contribution in [1.82, 2.24) is 4.98 Å². The predicted octanol–water partition coefficient (Wildman–Crippen LogP) is 3.39. The number of thioether (sulfide) groups is 1. The summed E-state index contributed by atoms with van der Waals surface area (Å²) in [5.74, 6) is 0.360. The molecular formula is C14H15NO3S. The number of carboxylic acids is 1. The lowest BCUT2D eigenvalue weighted by molar-refractivity contribution is -0.137. The maximum atomic E-state index is 10.6. The van der Waals surface area contributed by atoms with Gasteiger partial charge in [-0.2, -0.15) is 0 Å². The highest BCUT2D eigenvalue weighted by Gasteiger charge is 2.14. The number of rotatable bonds is 5. The first-order valence-corrected chi connectivity index (χ1v) is 7.15. The molecule has 0 saturated heterocycles. The Morgan fingerprint density at radius 3 is 2.63 bits per heavy atom. The van der Waals surface area contributed by atoms with Gasteiger partial charge in [-0.15, -0.1) is 11.8 Å². The van der Waals surface area contributed by atoms with Gasteiger partial charge in [-0.05, 0) is 18.4 Å². The summed E-state index contributed by atoms with van der Waals surface area (Å²) in [7, 11) is 0. The van der Waals surface area contributed by atoms with Gasteiger partial charge in [0.2, 0.25) is 0 Å². The zero-order chi connectivity index (χ0) is 13.8. The average molecular weight is 277 g/mol. The molecule has 100 valence electrons. The lowest BCUT2D eigenvalue weighted by Crippen LogP contribution is -1.97. The number of nitrogens with zero attached hydrogens (tertiary/aromatic N) is 1. The molecule has 0 aliphatic carbocycles. The van der Waals surface area contributed by atoms with Crippen LogP contribution in [0.5, 0.6) is 0 Å². The van der Waals surface area contributed by atoms with Crippen molar-refractivity contribution in [3.8, 4) is 11.3 Å². The van der Waals surface area contributed by atoms with E-state index >= 15 is 0 Å². The number of oxazole rings is 1. The Kier molecular flexibility index (Phi) is 4.27. The molecule has 0 amide bonds. The molecule has 19 heavy (non-hydrogen) atoms. The number of benzene rings is 1. The van der Waals surface area contributed by atoms with Crippen LogP contribution in [0, 0.1) is 6.92 Å². The Balaban J connectivity index is 2.29. The number of hydrogen-bond donors (Lipinski definition) is 1. The first-order chi connectivity index (χ1) is 9.10. The van der Waals surface area contributed by atoms with Crippen molar-refractivity contribution in [3.05, 3.63) is 35.9 Å². The van der Waals surface area contributed by atoms with E-state index in [1.807, 2.05) is 30.5 Å². The molecule has 0 fully saturated rings. The summed E-state index contributed by atoms with van der Waals surface area (Å²) in [5.41, 5.74) is 1.70. The average Bonchev–Trinajstić information content (AvgIpc) is 2.78. The summed E-state index contributed by atoms with van der Waals surface area (Å²) in [5, 5.41) is 8.75. The highest BCUT2D eigenvalue weighted by molar-refractivity contribution is 7.98. The van der Waals surface area contributed by atoms with Crippen molar-refractivity contribution in [3.63, 3.8) is 0 Å². The van der Waals surface area contributed by atoms with Crippen LogP contribution in [0.2, 0.25) is 0 Å². The Bertz CT molecular complexity index is 575. The molecule has 0 bridgehead atoms. The van der Waals surface area contributed by atoms with E-state index < -0.39 is 5.97 Å². The van der Waals surface area contributed by atoms with Crippen LogP contribution >= 0.6 is 11.8 Å². The van der Waals surface area contributed by atoms with Gasteiger partial charge in [0.1, 0.15) is 11.5 Å². The standard InChI is InChI=1S/C14H15NO3S/c1-9-15-14(12(18-9)7-8-13(16)17)10-3-5-11(19-2)6-4-10/h3-6H,7-8H2,1-2H3,(H,16,17). The molecule has 0 aliphatic rings. The Morgan fingerprint density at radius 2 is 2.05 bits per heavy atom. The molecule has 0 atom stereocenters.